The van der Waals surface area contributed by atoms with Crippen molar-refractivity contribution in [3.8, 4) is 23.1 Å². The molecule has 2 rings (SSSR count). The second-order valence-corrected chi connectivity index (χ2v) is 4.33. The van der Waals surface area contributed by atoms with Gasteiger partial charge in [0.2, 0.25) is 5.28 Å². The lowest BCUT2D eigenvalue weighted by atomic mass is 10.2. The molecule has 0 atom stereocenters. The van der Waals surface area contributed by atoms with E-state index in [1.54, 1.807) is 25.6 Å². The maximum Gasteiger partial charge on any atom is 0.321 e. The molecule has 7 heteroatoms. The highest BCUT2D eigenvalue weighted by Gasteiger charge is 2.10. The Bertz CT molecular complexity index is 577. The van der Waals surface area contributed by atoms with E-state index in [-0.39, 0.29) is 17.4 Å². The van der Waals surface area contributed by atoms with Gasteiger partial charge in [-0.25, -0.2) is 0 Å². The van der Waals surface area contributed by atoms with Crippen LogP contribution in [-0.2, 0) is 0 Å². The normalized spacial score (nSPS) is 10.6. The van der Waals surface area contributed by atoms with Crippen LogP contribution in [0.1, 0.15) is 13.8 Å². The van der Waals surface area contributed by atoms with Gasteiger partial charge >= 0.3 is 6.01 Å². The van der Waals surface area contributed by atoms with E-state index in [0.717, 1.165) is 0 Å². The summed E-state index contributed by atoms with van der Waals surface area (Å²) in [6, 6.07) is 1.95. The number of aromatic nitrogens is 4. The third-order valence-corrected chi connectivity index (χ3v) is 2.30. The first-order valence-electron chi connectivity index (χ1n) is 5.66. The zero-order valence-corrected chi connectivity index (χ0v) is 11.5. The summed E-state index contributed by atoms with van der Waals surface area (Å²) in [4.78, 5) is 16.2. The minimum atomic E-state index is -0.0465. The molecule has 0 aliphatic carbocycles. The predicted octanol–water partition coefficient (Wildman–Crippen LogP) is 2.38. The molecule has 0 saturated carbocycles. The summed E-state index contributed by atoms with van der Waals surface area (Å²) in [5.74, 6) is 1.00. The Hall–Kier alpha value is -1.95. The van der Waals surface area contributed by atoms with Crippen LogP contribution < -0.4 is 9.47 Å². The van der Waals surface area contributed by atoms with E-state index in [1.165, 1.54) is 0 Å². The molecular formula is C12H13ClN4O2. The van der Waals surface area contributed by atoms with Crippen LogP contribution in [0.2, 0.25) is 5.28 Å². The van der Waals surface area contributed by atoms with Crippen molar-refractivity contribution in [1.29, 1.82) is 0 Å². The molecule has 0 spiro atoms. The molecule has 0 bridgehead atoms. The molecule has 0 fully saturated rings. The van der Waals surface area contributed by atoms with E-state index < -0.39 is 0 Å². The fraction of sp³-hybridized carbons (Fsp3) is 0.333. The van der Waals surface area contributed by atoms with Crippen molar-refractivity contribution >= 4 is 11.6 Å². The fourth-order valence-corrected chi connectivity index (χ4v) is 1.53. The molecular weight excluding hydrogens is 268 g/mol. The Labute approximate surface area is 115 Å². The van der Waals surface area contributed by atoms with Crippen molar-refractivity contribution < 1.29 is 9.47 Å². The summed E-state index contributed by atoms with van der Waals surface area (Å²) >= 11 is 5.86. The Morgan fingerprint density at radius 2 is 1.95 bits per heavy atom. The molecule has 2 aromatic rings. The van der Waals surface area contributed by atoms with E-state index in [9.17, 15) is 0 Å². The van der Waals surface area contributed by atoms with Gasteiger partial charge in [-0.05, 0) is 31.5 Å². The van der Waals surface area contributed by atoms with Crippen LogP contribution in [0.3, 0.4) is 0 Å². The quantitative estimate of drug-likeness (QED) is 0.856. The average Bonchev–Trinajstić information content (AvgIpc) is 2.37. The zero-order chi connectivity index (χ0) is 13.8. The average molecular weight is 281 g/mol. The van der Waals surface area contributed by atoms with Gasteiger partial charge < -0.3 is 9.47 Å². The number of methoxy groups -OCH3 is 1. The monoisotopic (exact) mass is 280 g/mol. The maximum absolute atomic E-state index is 5.86. The lowest BCUT2D eigenvalue weighted by Gasteiger charge is -2.09. The highest BCUT2D eigenvalue weighted by Crippen LogP contribution is 2.22. The van der Waals surface area contributed by atoms with Gasteiger partial charge in [-0.2, -0.15) is 15.0 Å². The van der Waals surface area contributed by atoms with Crippen LogP contribution in [-0.4, -0.2) is 33.1 Å². The number of pyridine rings is 1. The summed E-state index contributed by atoms with van der Waals surface area (Å²) in [6.45, 7) is 3.76. The summed E-state index contributed by atoms with van der Waals surface area (Å²) in [5, 5.41) is 0.0727. The number of rotatable bonds is 4. The maximum atomic E-state index is 5.86. The first-order valence-corrected chi connectivity index (χ1v) is 6.04. The minimum Gasteiger partial charge on any atom is -0.495 e. The van der Waals surface area contributed by atoms with E-state index >= 15 is 0 Å². The molecule has 0 aliphatic heterocycles. The largest absolute Gasteiger partial charge is 0.495 e. The van der Waals surface area contributed by atoms with Gasteiger partial charge in [-0.3, -0.25) is 4.98 Å². The van der Waals surface area contributed by atoms with E-state index in [0.29, 0.717) is 17.1 Å². The molecule has 100 valence electrons. The van der Waals surface area contributed by atoms with Crippen molar-refractivity contribution in [2.24, 2.45) is 0 Å². The van der Waals surface area contributed by atoms with Gasteiger partial charge in [-0.1, -0.05) is 0 Å². The SMILES string of the molecule is COc1cncc(-c2nc(Cl)nc(OC(C)C)n2)c1. The zero-order valence-electron chi connectivity index (χ0n) is 10.8. The molecule has 19 heavy (non-hydrogen) atoms. The standard InChI is InChI=1S/C12H13ClN4O2/c1-7(2)19-12-16-10(15-11(13)17-12)8-4-9(18-3)6-14-5-8/h4-7H,1-3H3. The third kappa shape index (κ3) is 3.51. The summed E-state index contributed by atoms with van der Waals surface area (Å²) < 4.78 is 10.5. The van der Waals surface area contributed by atoms with E-state index in [2.05, 4.69) is 19.9 Å². The third-order valence-electron chi connectivity index (χ3n) is 2.14. The van der Waals surface area contributed by atoms with Gasteiger partial charge in [0.1, 0.15) is 5.75 Å². The van der Waals surface area contributed by atoms with Crippen LogP contribution in [0.25, 0.3) is 11.4 Å². The molecule has 2 heterocycles. The highest BCUT2D eigenvalue weighted by molar-refractivity contribution is 6.28. The highest BCUT2D eigenvalue weighted by atomic mass is 35.5. The second-order valence-electron chi connectivity index (χ2n) is 3.99. The lowest BCUT2D eigenvalue weighted by molar-refractivity contribution is 0.222. The summed E-state index contributed by atoms with van der Waals surface area (Å²) in [7, 11) is 1.56. The van der Waals surface area contributed by atoms with Crippen LogP contribution in [0.15, 0.2) is 18.5 Å². The van der Waals surface area contributed by atoms with Gasteiger partial charge in [0.05, 0.1) is 19.4 Å². The van der Waals surface area contributed by atoms with Gasteiger partial charge in [-0.15, -0.1) is 0 Å². The predicted molar refractivity (Wildman–Crippen MR) is 70.4 cm³/mol. The van der Waals surface area contributed by atoms with Gasteiger partial charge in [0.25, 0.3) is 0 Å². The number of hydrogen-bond donors (Lipinski definition) is 0. The summed E-state index contributed by atoms with van der Waals surface area (Å²) in [6.07, 6.45) is 3.17. The Morgan fingerprint density at radius 3 is 2.63 bits per heavy atom. The second kappa shape index (κ2) is 5.79. The number of halogens is 1. The smallest absolute Gasteiger partial charge is 0.321 e. The topological polar surface area (TPSA) is 70.0 Å². The van der Waals surface area contributed by atoms with Crippen molar-refractivity contribution in [3.05, 3.63) is 23.7 Å². The van der Waals surface area contributed by atoms with E-state index in [4.69, 9.17) is 21.1 Å². The fourth-order valence-electron chi connectivity index (χ4n) is 1.38. The molecule has 2 aromatic heterocycles. The molecule has 6 nitrogen and oxygen atoms in total. The van der Waals surface area contributed by atoms with Crippen molar-refractivity contribution in [2.45, 2.75) is 20.0 Å². The van der Waals surface area contributed by atoms with Gasteiger partial charge in [0, 0.05) is 11.8 Å². The van der Waals surface area contributed by atoms with Gasteiger partial charge in [0.15, 0.2) is 5.82 Å². The minimum absolute atomic E-state index is 0.0465. The van der Waals surface area contributed by atoms with Crippen LogP contribution >= 0.6 is 11.6 Å². The van der Waals surface area contributed by atoms with Crippen LogP contribution in [0.5, 0.6) is 11.8 Å². The first kappa shape index (κ1) is 13.5. The van der Waals surface area contributed by atoms with E-state index in [1.807, 2.05) is 13.8 Å². The molecule has 0 aromatic carbocycles. The van der Waals surface area contributed by atoms with Crippen molar-refractivity contribution in [1.82, 2.24) is 19.9 Å². The Kier molecular flexibility index (Phi) is 4.11. The Morgan fingerprint density at radius 1 is 1.16 bits per heavy atom. The number of hydrogen-bond acceptors (Lipinski definition) is 6. The van der Waals surface area contributed by atoms with Crippen molar-refractivity contribution in [2.75, 3.05) is 7.11 Å². The van der Waals surface area contributed by atoms with Crippen LogP contribution in [0.4, 0.5) is 0 Å². The van der Waals surface area contributed by atoms with Crippen molar-refractivity contribution in [3.63, 3.8) is 0 Å². The molecule has 0 radical (unpaired) electrons. The molecule has 0 aliphatic rings. The molecule has 0 unspecified atom stereocenters. The molecule has 0 amide bonds. The molecule has 0 saturated heterocycles. The first-order chi connectivity index (χ1) is 9.08. The lowest BCUT2D eigenvalue weighted by Crippen LogP contribution is -2.09. The number of ether oxygens (including phenoxy) is 2. The number of nitrogens with zero attached hydrogens (tertiary/aromatic N) is 4. The van der Waals surface area contributed by atoms with Crippen LogP contribution in [0, 0.1) is 0 Å². The molecule has 0 N–H and O–H groups in total. The summed E-state index contributed by atoms with van der Waals surface area (Å²) in [5.41, 5.74) is 0.678. The Balaban J connectivity index is 2.40.